The predicted octanol–water partition coefficient (Wildman–Crippen LogP) is 3.56. The summed E-state index contributed by atoms with van der Waals surface area (Å²) in [6, 6.07) is 1.28. The van der Waals surface area contributed by atoms with Gasteiger partial charge in [-0.05, 0) is 26.8 Å². The van der Waals surface area contributed by atoms with Gasteiger partial charge in [0.1, 0.15) is 0 Å². The van der Waals surface area contributed by atoms with Crippen LogP contribution in [0.15, 0.2) is 12.3 Å². The van der Waals surface area contributed by atoms with E-state index in [1.807, 2.05) is 31.6 Å². The summed E-state index contributed by atoms with van der Waals surface area (Å²) in [6.07, 6.45) is -2.57. The monoisotopic (exact) mass is 337 g/mol. The molecule has 2 rings (SSSR count). The summed E-state index contributed by atoms with van der Waals surface area (Å²) in [6.45, 7) is 6.12. The van der Waals surface area contributed by atoms with Gasteiger partial charge in [0.2, 0.25) is 0 Å². The largest absolute Gasteiger partial charge is 0.435 e. The number of anilines is 1. The van der Waals surface area contributed by atoms with Crippen molar-refractivity contribution in [1.29, 1.82) is 0 Å². The number of rotatable bonds is 4. The van der Waals surface area contributed by atoms with Crippen molar-refractivity contribution in [3.8, 4) is 0 Å². The Morgan fingerprint density at radius 1 is 1.27 bits per heavy atom. The van der Waals surface area contributed by atoms with E-state index in [1.54, 1.807) is 0 Å². The molecule has 0 aliphatic rings. The molecular weight excluding hydrogens is 319 g/mol. The molecule has 0 aromatic carbocycles. The average molecular weight is 338 g/mol. The standard InChI is InChI=1S/C13H18F3N5.ClH/c1-8(2)21-7-11(9(3)18-21)17-6-10-5-12(13(14,15)16)19-20(10)4;/h5,7-8,17H,6H2,1-4H3;1H. The maximum atomic E-state index is 12.6. The third kappa shape index (κ3) is 3.94. The second kappa shape index (κ2) is 6.60. The zero-order valence-electron chi connectivity index (χ0n) is 12.8. The molecule has 0 amide bonds. The van der Waals surface area contributed by atoms with Gasteiger partial charge >= 0.3 is 6.18 Å². The lowest BCUT2D eigenvalue weighted by Gasteiger charge is -2.05. The lowest BCUT2D eigenvalue weighted by Crippen LogP contribution is -2.07. The van der Waals surface area contributed by atoms with Crippen LogP contribution in [0, 0.1) is 6.92 Å². The van der Waals surface area contributed by atoms with Gasteiger partial charge in [0, 0.05) is 19.3 Å². The van der Waals surface area contributed by atoms with Crippen molar-refractivity contribution < 1.29 is 13.2 Å². The minimum absolute atomic E-state index is 0. The molecule has 0 unspecified atom stereocenters. The fraction of sp³-hybridized carbons (Fsp3) is 0.538. The van der Waals surface area contributed by atoms with Gasteiger partial charge in [0.15, 0.2) is 5.69 Å². The van der Waals surface area contributed by atoms with Crippen LogP contribution >= 0.6 is 12.4 Å². The molecule has 0 atom stereocenters. The highest BCUT2D eigenvalue weighted by Crippen LogP contribution is 2.28. The molecule has 1 N–H and O–H groups in total. The highest BCUT2D eigenvalue weighted by molar-refractivity contribution is 5.85. The Kier molecular flexibility index (Phi) is 5.50. The molecule has 0 aliphatic heterocycles. The number of nitrogens with one attached hydrogen (secondary N) is 1. The Labute approximate surface area is 132 Å². The molecular formula is C13H19ClF3N5. The van der Waals surface area contributed by atoms with E-state index in [-0.39, 0.29) is 25.0 Å². The molecule has 0 saturated carbocycles. The fourth-order valence-corrected chi connectivity index (χ4v) is 1.92. The van der Waals surface area contributed by atoms with Gasteiger partial charge in [0.25, 0.3) is 0 Å². The van der Waals surface area contributed by atoms with Crippen molar-refractivity contribution in [1.82, 2.24) is 19.6 Å². The molecule has 2 aromatic heterocycles. The van der Waals surface area contributed by atoms with Gasteiger partial charge in [-0.3, -0.25) is 9.36 Å². The first-order valence-electron chi connectivity index (χ1n) is 6.58. The number of hydrogen-bond donors (Lipinski definition) is 1. The van der Waals surface area contributed by atoms with Crippen molar-refractivity contribution in [2.75, 3.05) is 5.32 Å². The smallest absolute Gasteiger partial charge is 0.377 e. The summed E-state index contributed by atoms with van der Waals surface area (Å²) in [4.78, 5) is 0. The number of alkyl halides is 3. The first-order valence-corrected chi connectivity index (χ1v) is 6.58. The van der Waals surface area contributed by atoms with Crippen molar-refractivity contribution >= 4 is 18.1 Å². The van der Waals surface area contributed by atoms with Crippen LogP contribution in [0.3, 0.4) is 0 Å². The number of nitrogens with zero attached hydrogens (tertiary/aromatic N) is 4. The molecule has 0 saturated heterocycles. The van der Waals surface area contributed by atoms with Crippen LogP contribution < -0.4 is 5.32 Å². The Morgan fingerprint density at radius 2 is 1.91 bits per heavy atom. The molecule has 0 bridgehead atoms. The quantitative estimate of drug-likeness (QED) is 0.928. The second-order valence-corrected chi connectivity index (χ2v) is 5.20. The predicted molar refractivity (Wildman–Crippen MR) is 80.1 cm³/mol. The highest BCUT2D eigenvalue weighted by Gasteiger charge is 2.34. The molecule has 2 heterocycles. The van der Waals surface area contributed by atoms with Gasteiger partial charge in [-0.25, -0.2) is 0 Å². The zero-order valence-corrected chi connectivity index (χ0v) is 13.6. The molecule has 0 aliphatic carbocycles. The van der Waals surface area contributed by atoms with E-state index in [4.69, 9.17) is 0 Å². The number of halogens is 4. The first-order chi connectivity index (χ1) is 9.68. The molecule has 0 fully saturated rings. The normalized spacial score (nSPS) is 11.6. The van der Waals surface area contributed by atoms with Crippen LogP contribution in [0.5, 0.6) is 0 Å². The average Bonchev–Trinajstić information content (AvgIpc) is 2.90. The minimum Gasteiger partial charge on any atom is -0.377 e. The third-order valence-corrected chi connectivity index (χ3v) is 3.17. The summed E-state index contributed by atoms with van der Waals surface area (Å²) < 4.78 is 40.8. The van der Waals surface area contributed by atoms with Crippen molar-refractivity contribution in [2.45, 2.75) is 39.5 Å². The van der Waals surface area contributed by atoms with E-state index in [2.05, 4.69) is 15.5 Å². The molecule has 124 valence electrons. The topological polar surface area (TPSA) is 47.7 Å². The van der Waals surface area contributed by atoms with Gasteiger partial charge in [-0.2, -0.15) is 23.4 Å². The van der Waals surface area contributed by atoms with Crippen molar-refractivity contribution in [2.24, 2.45) is 7.05 Å². The highest BCUT2D eigenvalue weighted by atomic mass is 35.5. The second-order valence-electron chi connectivity index (χ2n) is 5.20. The van der Waals surface area contributed by atoms with Gasteiger partial charge in [-0.1, -0.05) is 0 Å². The van der Waals surface area contributed by atoms with Gasteiger partial charge in [-0.15, -0.1) is 12.4 Å². The van der Waals surface area contributed by atoms with Gasteiger partial charge in [0.05, 0.1) is 23.6 Å². The summed E-state index contributed by atoms with van der Waals surface area (Å²) in [5, 5.41) is 10.9. The van der Waals surface area contributed by atoms with Crippen LogP contribution in [0.4, 0.5) is 18.9 Å². The lowest BCUT2D eigenvalue weighted by molar-refractivity contribution is -0.141. The summed E-state index contributed by atoms with van der Waals surface area (Å²) in [5.74, 6) is 0. The van der Waals surface area contributed by atoms with Gasteiger partial charge < -0.3 is 5.32 Å². The van der Waals surface area contributed by atoms with E-state index in [9.17, 15) is 13.2 Å². The zero-order chi connectivity index (χ0) is 15.8. The van der Waals surface area contributed by atoms with E-state index in [0.29, 0.717) is 5.69 Å². The summed E-state index contributed by atoms with van der Waals surface area (Å²) in [7, 11) is 1.50. The van der Waals surface area contributed by atoms with Crippen molar-refractivity contribution in [3.05, 3.63) is 29.3 Å². The van der Waals surface area contributed by atoms with Crippen molar-refractivity contribution in [3.63, 3.8) is 0 Å². The third-order valence-electron chi connectivity index (χ3n) is 3.17. The lowest BCUT2D eigenvalue weighted by atomic mass is 10.3. The first kappa shape index (κ1) is 18.3. The fourth-order valence-electron chi connectivity index (χ4n) is 1.92. The van der Waals surface area contributed by atoms with E-state index in [1.165, 1.54) is 11.7 Å². The Morgan fingerprint density at radius 3 is 2.36 bits per heavy atom. The Balaban J connectivity index is 0.00000242. The van der Waals surface area contributed by atoms with Crippen LogP contribution in [-0.2, 0) is 19.8 Å². The molecule has 22 heavy (non-hydrogen) atoms. The molecule has 9 heteroatoms. The minimum atomic E-state index is -4.42. The molecule has 0 spiro atoms. The number of aromatic nitrogens is 4. The van der Waals surface area contributed by atoms with Crippen LogP contribution in [0.2, 0.25) is 0 Å². The van der Waals surface area contributed by atoms with Crippen LogP contribution in [-0.4, -0.2) is 19.6 Å². The van der Waals surface area contributed by atoms with E-state index >= 15 is 0 Å². The van der Waals surface area contributed by atoms with Crippen LogP contribution in [0.1, 0.15) is 37.0 Å². The van der Waals surface area contributed by atoms with Crippen LogP contribution in [0.25, 0.3) is 0 Å². The van der Waals surface area contributed by atoms with E-state index in [0.717, 1.165) is 17.4 Å². The molecule has 5 nitrogen and oxygen atoms in total. The summed E-state index contributed by atoms with van der Waals surface area (Å²) in [5.41, 5.74) is 1.19. The maximum Gasteiger partial charge on any atom is 0.435 e. The summed E-state index contributed by atoms with van der Waals surface area (Å²) >= 11 is 0. The molecule has 0 radical (unpaired) electrons. The Bertz CT molecular complexity index is 630. The molecule has 2 aromatic rings. The number of hydrogen-bond acceptors (Lipinski definition) is 3. The van der Waals surface area contributed by atoms with E-state index < -0.39 is 11.9 Å². The number of aryl methyl sites for hydroxylation is 2. The SMILES string of the molecule is Cc1nn(C(C)C)cc1NCc1cc(C(F)(F)F)nn1C.Cl. The maximum absolute atomic E-state index is 12.6. The Hall–Kier alpha value is -1.70.